The molecule has 5 nitrogen and oxygen atoms in total. The second-order valence-electron chi connectivity index (χ2n) is 4.69. The fraction of sp³-hybridized carbons (Fsp3) is 0.333. The van der Waals surface area contributed by atoms with E-state index in [1.165, 1.54) is 0 Å². The van der Waals surface area contributed by atoms with Crippen LogP contribution in [0, 0.1) is 0 Å². The van der Waals surface area contributed by atoms with Crippen LogP contribution < -0.4 is 4.74 Å². The Labute approximate surface area is 117 Å². The Morgan fingerprint density at radius 3 is 2.80 bits per heavy atom. The summed E-state index contributed by atoms with van der Waals surface area (Å²) in [6.45, 7) is 3.77. The number of carboxylic acids is 1. The molecule has 1 aliphatic carbocycles. The maximum Gasteiger partial charge on any atom is 0.341 e. The first kappa shape index (κ1) is 14.1. The van der Waals surface area contributed by atoms with Gasteiger partial charge >= 0.3 is 5.97 Å². The maximum absolute atomic E-state index is 12.4. The minimum atomic E-state index is -1.05. The van der Waals surface area contributed by atoms with Crippen molar-refractivity contribution in [2.45, 2.75) is 18.9 Å². The average Bonchev–Trinajstić information content (AvgIpc) is 3.26. The highest BCUT2D eigenvalue weighted by molar-refractivity contribution is 5.95. The molecule has 1 amide bonds. The SMILES string of the molecule is C=CCN(C(=O)c1cccc(OCC(=O)O)c1)C1CC1. The largest absolute Gasteiger partial charge is 0.482 e. The molecule has 2 rings (SSSR count). The van der Waals surface area contributed by atoms with Crippen LogP contribution in [0.25, 0.3) is 0 Å². The van der Waals surface area contributed by atoms with E-state index in [0.717, 1.165) is 12.8 Å². The summed E-state index contributed by atoms with van der Waals surface area (Å²) in [5.41, 5.74) is 0.502. The molecule has 0 spiro atoms. The van der Waals surface area contributed by atoms with Crippen molar-refractivity contribution in [2.75, 3.05) is 13.2 Å². The van der Waals surface area contributed by atoms with Gasteiger partial charge in [0.2, 0.25) is 0 Å². The molecule has 1 fully saturated rings. The molecular weight excluding hydrogens is 258 g/mol. The molecule has 5 heteroatoms. The quantitative estimate of drug-likeness (QED) is 0.772. The van der Waals surface area contributed by atoms with Crippen molar-refractivity contribution in [1.82, 2.24) is 4.90 Å². The summed E-state index contributed by atoms with van der Waals surface area (Å²) in [5.74, 6) is -0.742. The van der Waals surface area contributed by atoms with Gasteiger partial charge in [0.25, 0.3) is 5.91 Å². The number of amides is 1. The molecule has 20 heavy (non-hydrogen) atoms. The first-order chi connectivity index (χ1) is 9.61. The Hall–Kier alpha value is -2.30. The first-order valence-electron chi connectivity index (χ1n) is 6.48. The minimum Gasteiger partial charge on any atom is -0.482 e. The summed E-state index contributed by atoms with van der Waals surface area (Å²) in [7, 11) is 0. The molecule has 1 aliphatic rings. The lowest BCUT2D eigenvalue weighted by molar-refractivity contribution is -0.139. The van der Waals surface area contributed by atoms with Gasteiger partial charge in [-0.15, -0.1) is 6.58 Å². The Bertz CT molecular complexity index is 522. The van der Waals surface area contributed by atoms with E-state index >= 15 is 0 Å². The molecule has 0 bridgehead atoms. The third kappa shape index (κ3) is 3.60. The van der Waals surface area contributed by atoms with Gasteiger partial charge in [-0.2, -0.15) is 0 Å². The van der Waals surface area contributed by atoms with Crippen molar-refractivity contribution >= 4 is 11.9 Å². The van der Waals surface area contributed by atoms with Gasteiger partial charge in [0.05, 0.1) is 0 Å². The minimum absolute atomic E-state index is 0.0758. The molecule has 0 aromatic heterocycles. The van der Waals surface area contributed by atoms with Crippen LogP contribution in [0.1, 0.15) is 23.2 Å². The fourth-order valence-electron chi connectivity index (χ4n) is 1.95. The van der Waals surface area contributed by atoms with Gasteiger partial charge in [0, 0.05) is 18.2 Å². The summed E-state index contributed by atoms with van der Waals surface area (Å²) in [6.07, 6.45) is 3.75. The molecule has 1 N–H and O–H groups in total. The first-order valence-corrected chi connectivity index (χ1v) is 6.48. The van der Waals surface area contributed by atoms with Crippen molar-refractivity contribution in [3.05, 3.63) is 42.5 Å². The standard InChI is InChI=1S/C15H17NO4/c1-2-8-16(12-6-7-12)15(19)11-4-3-5-13(9-11)20-10-14(17)18/h2-5,9,12H,1,6-8,10H2,(H,17,18). The number of nitrogens with zero attached hydrogens (tertiary/aromatic N) is 1. The zero-order valence-electron chi connectivity index (χ0n) is 11.1. The van der Waals surface area contributed by atoms with Crippen LogP contribution in [0.4, 0.5) is 0 Å². The smallest absolute Gasteiger partial charge is 0.341 e. The predicted molar refractivity (Wildman–Crippen MR) is 73.8 cm³/mol. The van der Waals surface area contributed by atoms with E-state index in [4.69, 9.17) is 9.84 Å². The van der Waals surface area contributed by atoms with Gasteiger partial charge in [0.1, 0.15) is 5.75 Å². The predicted octanol–water partition coefficient (Wildman–Crippen LogP) is 1.94. The highest BCUT2D eigenvalue weighted by atomic mass is 16.5. The van der Waals surface area contributed by atoms with Crippen LogP contribution in [0.3, 0.4) is 0 Å². The molecule has 0 unspecified atom stereocenters. The van der Waals surface area contributed by atoms with Gasteiger partial charge in [-0.25, -0.2) is 4.79 Å². The van der Waals surface area contributed by atoms with Crippen LogP contribution in [0.15, 0.2) is 36.9 Å². The number of carboxylic acid groups (broad SMARTS) is 1. The zero-order valence-corrected chi connectivity index (χ0v) is 11.1. The normalized spacial score (nSPS) is 13.6. The van der Waals surface area contributed by atoms with Crippen LogP contribution in [-0.2, 0) is 4.79 Å². The lowest BCUT2D eigenvalue weighted by Gasteiger charge is -2.20. The number of carbonyl (C=O) groups is 2. The summed E-state index contributed by atoms with van der Waals surface area (Å²) in [6, 6.07) is 6.89. The van der Waals surface area contributed by atoms with E-state index < -0.39 is 12.6 Å². The maximum atomic E-state index is 12.4. The molecule has 1 aromatic carbocycles. The molecule has 0 aliphatic heterocycles. The van der Waals surface area contributed by atoms with E-state index in [1.54, 1.807) is 35.2 Å². The second-order valence-corrected chi connectivity index (χ2v) is 4.69. The molecule has 0 atom stereocenters. The summed E-state index contributed by atoms with van der Waals surface area (Å²) < 4.78 is 5.08. The van der Waals surface area contributed by atoms with E-state index in [-0.39, 0.29) is 5.91 Å². The third-order valence-corrected chi connectivity index (χ3v) is 3.02. The number of benzene rings is 1. The Kier molecular flexibility index (Phi) is 4.40. The average molecular weight is 275 g/mol. The van der Waals surface area contributed by atoms with E-state index in [0.29, 0.717) is 23.9 Å². The topological polar surface area (TPSA) is 66.8 Å². The molecule has 1 aromatic rings. The molecule has 1 saturated carbocycles. The van der Waals surface area contributed by atoms with Crippen molar-refractivity contribution in [2.24, 2.45) is 0 Å². The summed E-state index contributed by atoms with van der Waals surface area (Å²) in [4.78, 5) is 24.7. The molecule has 0 heterocycles. The number of carbonyl (C=O) groups excluding carboxylic acids is 1. The highest BCUT2D eigenvalue weighted by Gasteiger charge is 2.32. The van der Waals surface area contributed by atoms with Gasteiger partial charge in [-0.3, -0.25) is 4.79 Å². The lowest BCUT2D eigenvalue weighted by atomic mass is 10.2. The molecular formula is C15H17NO4. The Morgan fingerprint density at radius 1 is 1.45 bits per heavy atom. The van der Waals surface area contributed by atoms with E-state index in [2.05, 4.69) is 6.58 Å². The lowest BCUT2D eigenvalue weighted by Crippen LogP contribution is -2.33. The number of hydrogen-bond donors (Lipinski definition) is 1. The Morgan fingerprint density at radius 2 is 2.20 bits per heavy atom. The number of ether oxygens (including phenoxy) is 1. The molecule has 106 valence electrons. The third-order valence-electron chi connectivity index (χ3n) is 3.02. The van der Waals surface area contributed by atoms with Crippen molar-refractivity contribution in [1.29, 1.82) is 0 Å². The fourth-order valence-corrected chi connectivity index (χ4v) is 1.95. The zero-order chi connectivity index (χ0) is 14.5. The second kappa shape index (κ2) is 6.23. The van der Waals surface area contributed by atoms with Crippen LogP contribution in [0.5, 0.6) is 5.75 Å². The summed E-state index contributed by atoms with van der Waals surface area (Å²) >= 11 is 0. The summed E-state index contributed by atoms with van der Waals surface area (Å²) in [5, 5.41) is 8.58. The van der Waals surface area contributed by atoms with Crippen LogP contribution in [-0.4, -0.2) is 41.1 Å². The van der Waals surface area contributed by atoms with Gasteiger partial charge < -0.3 is 14.7 Å². The van der Waals surface area contributed by atoms with E-state index in [9.17, 15) is 9.59 Å². The highest BCUT2D eigenvalue weighted by Crippen LogP contribution is 2.28. The van der Waals surface area contributed by atoms with Crippen LogP contribution in [0.2, 0.25) is 0 Å². The monoisotopic (exact) mass is 275 g/mol. The van der Waals surface area contributed by atoms with Gasteiger partial charge in [-0.1, -0.05) is 12.1 Å². The van der Waals surface area contributed by atoms with Gasteiger partial charge in [0.15, 0.2) is 6.61 Å². The van der Waals surface area contributed by atoms with Crippen molar-refractivity contribution < 1.29 is 19.4 Å². The van der Waals surface area contributed by atoms with Crippen LogP contribution >= 0.6 is 0 Å². The number of hydrogen-bond acceptors (Lipinski definition) is 3. The van der Waals surface area contributed by atoms with E-state index in [1.807, 2.05) is 0 Å². The van der Waals surface area contributed by atoms with Crippen molar-refractivity contribution in [3.8, 4) is 5.75 Å². The number of aliphatic carboxylic acids is 1. The molecule has 0 saturated heterocycles. The number of rotatable bonds is 7. The van der Waals surface area contributed by atoms with Gasteiger partial charge in [-0.05, 0) is 31.0 Å². The Balaban J connectivity index is 2.10. The van der Waals surface area contributed by atoms with Crippen molar-refractivity contribution in [3.63, 3.8) is 0 Å². The molecule has 0 radical (unpaired) electrons.